The molecule has 0 radical (unpaired) electrons. The van der Waals surface area contributed by atoms with E-state index in [0.717, 1.165) is 10.6 Å². The molecule has 0 aromatic heterocycles. The van der Waals surface area contributed by atoms with Crippen molar-refractivity contribution in [2.45, 2.75) is 12.6 Å². The maximum atomic E-state index is 11.3. The molecule has 6 nitrogen and oxygen atoms in total. The van der Waals surface area contributed by atoms with E-state index in [0.29, 0.717) is 0 Å². The highest BCUT2D eigenvalue weighted by atomic mass is 16.7. The van der Waals surface area contributed by atoms with Gasteiger partial charge in [-0.1, -0.05) is 30.3 Å². The third-order valence-corrected chi connectivity index (χ3v) is 2.40. The predicted molar refractivity (Wildman–Crippen MR) is 57.9 cm³/mol. The number of hydrogen-bond donors (Lipinski definition) is 2. The second-order valence-electron chi connectivity index (χ2n) is 3.66. The zero-order valence-electron chi connectivity index (χ0n) is 9.00. The largest absolute Gasteiger partial charge is 0.480 e. The Morgan fingerprint density at radius 1 is 1.47 bits per heavy atom. The molecule has 17 heavy (non-hydrogen) atoms. The highest BCUT2D eigenvalue weighted by Gasteiger charge is 2.34. The van der Waals surface area contributed by atoms with Crippen molar-refractivity contribution >= 4 is 12.0 Å². The van der Waals surface area contributed by atoms with Crippen LogP contribution < -0.4 is 5.32 Å². The van der Waals surface area contributed by atoms with Crippen molar-refractivity contribution in [1.82, 2.24) is 10.4 Å². The van der Waals surface area contributed by atoms with Crippen molar-refractivity contribution < 1.29 is 19.5 Å². The summed E-state index contributed by atoms with van der Waals surface area (Å²) in [6.45, 7) is 0.252. The Morgan fingerprint density at radius 2 is 2.18 bits per heavy atom. The van der Waals surface area contributed by atoms with Crippen LogP contribution in [0.5, 0.6) is 0 Å². The van der Waals surface area contributed by atoms with Crippen LogP contribution in [0.2, 0.25) is 0 Å². The van der Waals surface area contributed by atoms with Gasteiger partial charge in [-0.05, 0) is 5.56 Å². The second-order valence-corrected chi connectivity index (χ2v) is 3.66. The third-order valence-electron chi connectivity index (χ3n) is 2.40. The van der Waals surface area contributed by atoms with Crippen LogP contribution in [0.1, 0.15) is 5.56 Å². The summed E-state index contributed by atoms with van der Waals surface area (Å²) < 4.78 is 0. The molecule has 6 heteroatoms. The van der Waals surface area contributed by atoms with E-state index >= 15 is 0 Å². The van der Waals surface area contributed by atoms with E-state index in [-0.39, 0.29) is 13.2 Å². The number of hydroxylamine groups is 2. The van der Waals surface area contributed by atoms with Crippen LogP contribution in [0.4, 0.5) is 4.79 Å². The Morgan fingerprint density at radius 3 is 2.76 bits per heavy atom. The normalized spacial score (nSPS) is 19.2. The smallest absolute Gasteiger partial charge is 0.342 e. The number of amides is 2. The zero-order chi connectivity index (χ0) is 12.3. The number of benzene rings is 1. The quantitative estimate of drug-likeness (QED) is 0.802. The summed E-state index contributed by atoms with van der Waals surface area (Å²) in [5.41, 5.74) is 0.916. The molecule has 1 saturated heterocycles. The fourth-order valence-corrected chi connectivity index (χ4v) is 1.49. The van der Waals surface area contributed by atoms with Crippen molar-refractivity contribution in [2.75, 3.05) is 6.54 Å². The van der Waals surface area contributed by atoms with E-state index in [2.05, 4.69) is 5.32 Å². The van der Waals surface area contributed by atoms with E-state index < -0.39 is 18.0 Å². The maximum Gasteiger partial charge on any atom is 0.342 e. The first-order valence-corrected chi connectivity index (χ1v) is 5.14. The molecule has 1 heterocycles. The molecule has 1 atom stereocenters. The van der Waals surface area contributed by atoms with Gasteiger partial charge in [0.2, 0.25) is 0 Å². The number of carboxylic acid groups (broad SMARTS) is 1. The van der Waals surface area contributed by atoms with Gasteiger partial charge < -0.3 is 10.4 Å². The van der Waals surface area contributed by atoms with Crippen LogP contribution in [0.3, 0.4) is 0 Å². The lowest BCUT2D eigenvalue weighted by molar-refractivity contribution is -0.143. The van der Waals surface area contributed by atoms with Crippen LogP contribution in [0.15, 0.2) is 30.3 Å². The first kappa shape index (κ1) is 11.4. The van der Waals surface area contributed by atoms with Gasteiger partial charge in [0.1, 0.15) is 12.6 Å². The Bertz CT molecular complexity index is 421. The molecule has 1 unspecified atom stereocenters. The van der Waals surface area contributed by atoms with Gasteiger partial charge in [-0.25, -0.2) is 14.7 Å². The number of aliphatic carboxylic acids is 1. The van der Waals surface area contributed by atoms with Gasteiger partial charge in [0.25, 0.3) is 0 Å². The van der Waals surface area contributed by atoms with Crippen molar-refractivity contribution in [3.05, 3.63) is 35.9 Å². The summed E-state index contributed by atoms with van der Waals surface area (Å²) in [5.74, 6) is -1.07. The highest BCUT2D eigenvalue weighted by Crippen LogP contribution is 2.08. The van der Waals surface area contributed by atoms with Gasteiger partial charge in [0.15, 0.2) is 0 Å². The van der Waals surface area contributed by atoms with Crippen molar-refractivity contribution in [1.29, 1.82) is 0 Å². The van der Waals surface area contributed by atoms with Crippen LogP contribution in [0, 0.1) is 0 Å². The number of hydrogen-bond acceptors (Lipinski definition) is 3. The lowest BCUT2D eigenvalue weighted by atomic mass is 10.2. The van der Waals surface area contributed by atoms with Crippen LogP contribution >= 0.6 is 0 Å². The molecule has 1 fully saturated rings. The molecular formula is C11H12N2O4. The van der Waals surface area contributed by atoms with Gasteiger partial charge in [-0.3, -0.25) is 4.84 Å². The van der Waals surface area contributed by atoms with Gasteiger partial charge in [-0.15, -0.1) is 0 Å². The maximum absolute atomic E-state index is 11.3. The number of nitrogens with one attached hydrogen (secondary N) is 1. The van der Waals surface area contributed by atoms with Gasteiger partial charge in [0.05, 0.1) is 6.54 Å². The van der Waals surface area contributed by atoms with Gasteiger partial charge in [-0.2, -0.15) is 0 Å². The number of nitrogens with zero attached hydrogens (tertiary/aromatic N) is 1. The molecule has 0 aliphatic carbocycles. The molecule has 90 valence electrons. The molecule has 1 aromatic carbocycles. The summed E-state index contributed by atoms with van der Waals surface area (Å²) in [7, 11) is 0. The summed E-state index contributed by atoms with van der Waals surface area (Å²) in [6, 6.07) is 7.91. The number of carbonyl (C=O) groups excluding carboxylic acids is 1. The molecule has 1 aliphatic rings. The molecule has 1 aliphatic heterocycles. The fraction of sp³-hybridized carbons (Fsp3) is 0.273. The minimum atomic E-state index is -1.07. The number of carbonyl (C=O) groups is 2. The van der Waals surface area contributed by atoms with E-state index in [1.807, 2.05) is 30.3 Å². The lowest BCUT2D eigenvalue weighted by Crippen LogP contribution is -2.33. The van der Waals surface area contributed by atoms with E-state index in [9.17, 15) is 9.59 Å². The Balaban J connectivity index is 1.88. The number of carboxylic acids is 1. The van der Waals surface area contributed by atoms with E-state index in [1.54, 1.807) is 0 Å². The average Bonchev–Trinajstić information content (AvgIpc) is 2.70. The Labute approximate surface area is 97.7 Å². The summed E-state index contributed by atoms with van der Waals surface area (Å²) in [4.78, 5) is 27.2. The molecule has 0 spiro atoms. The van der Waals surface area contributed by atoms with Crippen LogP contribution in [0.25, 0.3) is 0 Å². The summed E-state index contributed by atoms with van der Waals surface area (Å²) in [6.07, 6.45) is 0. The van der Waals surface area contributed by atoms with Crippen molar-refractivity contribution in [3.8, 4) is 0 Å². The van der Waals surface area contributed by atoms with Crippen molar-refractivity contribution in [3.63, 3.8) is 0 Å². The molecule has 2 rings (SSSR count). The third kappa shape index (κ3) is 2.73. The summed E-state index contributed by atoms with van der Waals surface area (Å²) >= 11 is 0. The van der Waals surface area contributed by atoms with Gasteiger partial charge >= 0.3 is 12.0 Å². The Hall–Kier alpha value is -2.08. The average molecular weight is 236 g/mol. The van der Waals surface area contributed by atoms with E-state index in [4.69, 9.17) is 9.94 Å². The minimum absolute atomic E-state index is 0.0149. The predicted octanol–water partition coefficient (Wildman–Crippen LogP) is 0.597. The number of urea groups is 1. The second kappa shape index (κ2) is 4.84. The van der Waals surface area contributed by atoms with Gasteiger partial charge in [0, 0.05) is 0 Å². The summed E-state index contributed by atoms with van der Waals surface area (Å²) in [5, 5.41) is 12.1. The number of rotatable bonds is 4. The van der Waals surface area contributed by atoms with Crippen LogP contribution in [-0.2, 0) is 16.2 Å². The first-order chi connectivity index (χ1) is 8.16. The molecular weight excluding hydrogens is 224 g/mol. The monoisotopic (exact) mass is 236 g/mol. The molecule has 0 saturated carbocycles. The zero-order valence-corrected chi connectivity index (χ0v) is 9.00. The fourth-order valence-electron chi connectivity index (χ4n) is 1.49. The van der Waals surface area contributed by atoms with Crippen molar-refractivity contribution in [2.24, 2.45) is 0 Å². The highest BCUT2D eigenvalue weighted by molar-refractivity contribution is 5.85. The SMILES string of the molecule is O=C(O)C1CN(OCc2ccccc2)C(=O)N1. The first-order valence-electron chi connectivity index (χ1n) is 5.14. The molecule has 1 aromatic rings. The molecule has 2 amide bonds. The Kier molecular flexibility index (Phi) is 3.24. The minimum Gasteiger partial charge on any atom is -0.480 e. The molecule has 0 bridgehead atoms. The lowest BCUT2D eigenvalue weighted by Gasteiger charge is -2.13. The standard InChI is InChI=1S/C11H12N2O4/c14-10(15)9-6-13(11(16)12-9)17-7-8-4-2-1-3-5-8/h1-5,9H,6-7H2,(H,12,16)(H,14,15). The molecule has 2 N–H and O–H groups in total. The van der Waals surface area contributed by atoms with E-state index in [1.165, 1.54) is 0 Å². The van der Waals surface area contributed by atoms with Crippen LogP contribution in [-0.4, -0.2) is 34.8 Å². The topological polar surface area (TPSA) is 78.9 Å².